The fourth-order valence-electron chi connectivity index (χ4n) is 1.07. The molecule has 0 fully saturated rings. The van der Waals surface area contributed by atoms with Gasteiger partial charge in [-0.25, -0.2) is 13.1 Å². The maximum absolute atomic E-state index is 11.4. The Labute approximate surface area is 98.9 Å². The van der Waals surface area contributed by atoms with E-state index in [0.29, 0.717) is 13.0 Å². The van der Waals surface area contributed by atoms with E-state index in [1.807, 2.05) is 17.5 Å². The smallest absolute Gasteiger partial charge is 0.225 e. The Hall–Kier alpha value is -0.920. The number of carbonyl (C=O) groups excluding carboxylic acids is 1. The van der Waals surface area contributed by atoms with Crippen molar-refractivity contribution in [1.29, 1.82) is 0 Å². The average molecular weight is 262 g/mol. The summed E-state index contributed by atoms with van der Waals surface area (Å²) in [5.41, 5.74) is 0. The first kappa shape index (κ1) is 13.1. The zero-order valence-electron chi connectivity index (χ0n) is 8.89. The molecule has 90 valence electrons. The van der Waals surface area contributed by atoms with Crippen molar-refractivity contribution in [2.45, 2.75) is 6.42 Å². The third-order valence-electron chi connectivity index (χ3n) is 1.73. The van der Waals surface area contributed by atoms with Crippen LogP contribution < -0.4 is 10.0 Å². The maximum Gasteiger partial charge on any atom is 0.225 e. The molecule has 0 aliphatic rings. The van der Waals surface area contributed by atoms with Gasteiger partial charge in [-0.3, -0.25) is 4.79 Å². The minimum absolute atomic E-state index is 0.0993. The summed E-state index contributed by atoms with van der Waals surface area (Å²) in [6.45, 7) is 0.520. The van der Waals surface area contributed by atoms with Crippen LogP contribution in [-0.4, -0.2) is 33.7 Å². The molecule has 0 radical (unpaired) electrons. The highest BCUT2D eigenvalue weighted by Crippen LogP contribution is 2.08. The van der Waals surface area contributed by atoms with Crippen LogP contribution in [0.15, 0.2) is 17.5 Å². The van der Waals surface area contributed by atoms with E-state index in [1.165, 1.54) is 11.3 Å². The number of hydrogen-bond acceptors (Lipinski definition) is 4. The number of thiophene rings is 1. The molecule has 16 heavy (non-hydrogen) atoms. The largest absolute Gasteiger partial charge is 0.354 e. The fourth-order valence-corrected chi connectivity index (χ4v) is 2.25. The summed E-state index contributed by atoms with van der Waals surface area (Å²) in [7, 11) is -3.17. The zero-order chi connectivity index (χ0) is 12.0. The molecule has 0 saturated carbocycles. The van der Waals surface area contributed by atoms with Gasteiger partial charge in [0.1, 0.15) is 0 Å². The number of amides is 1. The van der Waals surface area contributed by atoms with E-state index in [9.17, 15) is 13.2 Å². The van der Waals surface area contributed by atoms with Crippen LogP contribution in [0.3, 0.4) is 0 Å². The average Bonchev–Trinajstić information content (AvgIpc) is 2.63. The van der Waals surface area contributed by atoms with Crippen molar-refractivity contribution in [1.82, 2.24) is 10.0 Å². The van der Waals surface area contributed by atoms with E-state index < -0.39 is 10.0 Å². The minimum Gasteiger partial charge on any atom is -0.354 e. The third kappa shape index (κ3) is 5.84. The zero-order valence-corrected chi connectivity index (χ0v) is 10.5. The molecular weight excluding hydrogens is 248 g/mol. The van der Waals surface area contributed by atoms with E-state index in [0.717, 1.165) is 11.1 Å². The summed E-state index contributed by atoms with van der Waals surface area (Å²) in [5.74, 6) is -0.0993. The molecule has 0 unspecified atom stereocenters. The van der Waals surface area contributed by atoms with Gasteiger partial charge in [0.15, 0.2) is 0 Å². The van der Waals surface area contributed by atoms with Crippen molar-refractivity contribution in [3.8, 4) is 0 Å². The predicted octanol–water partition coefficient (Wildman–Crippen LogP) is -0.0440. The van der Waals surface area contributed by atoms with Crippen molar-refractivity contribution in [3.63, 3.8) is 0 Å². The van der Waals surface area contributed by atoms with Crippen LogP contribution in [0.5, 0.6) is 0 Å². The van der Waals surface area contributed by atoms with Crippen molar-refractivity contribution >= 4 is 27.3 Å². The predicted molar refractivity (Wildman–Crippen MR) is 63.9 cm³/mol. The van der Waals surface area contributed by atoms with E-state index in [2.05, 4.69) is 10.0 Å². The van der Waals surface area contributed by atoms with Gasteiger partial charge in [0.25, 0.3) is 0 Å². The highest BCUT2D eigenvalue weighted by Gasteiger charge is 2.04. The summed E-state index contributed by atoms with van der Waals surface area (Å²) in [6.07, 6.45) is 1.43. The van der Waals surface area contributed by atoms with Gasteiger partial charge >= 0.3 is 0 Å². The van der Waals surface area contributed by atoms with Crippen molar-refractivity contribution in [2.75, 3.05) is 19.3 Å². The number of hydrogen-bond donors (Lipinski definition) is 2. The molecule has 0 spiro atoms. The van der Waals surface area contributed by atoms with Crippen LogP contribution in [0.25, 0.3) is 0 Å². The molecule has 0 aromatic carbocycles. The standard InChI is InChI=1S/C9H14N2O3S2/c1-16(13,14)11-5-4-10-9(12)7-8-3-2-6-15-8/h2-3,6,11H,4-5,7H2,1H3,(H,10,12). The lowest BCUT2D eigenvalue weighted by Crippen LogP contribution is -2.34. The molecule has 0 bridgehead atoms. The summed E-state index contributed by atoms with van der Waals surface area (Å²) >= 11 is 1.52. The first-order chi connectivity index (χ1) is 7.47. The van der Waals surface area contributed by atoms with Crippen LogP contribution in [0, 0.1) is 0 Å². The molecule has 1 amide bonds. The first-order valence-corrected chi connectivity index (χ1v) is 7.48. The number of nitrogens with one attached hydrogen (secondary N) is 2. The molecule has 7 heteroatoms. The summed E-state index contributed by atoms with van der Waals surface area (Å²) < 4.78 is 23.7. The first-order valence-electron chi connectivity index (χ1n) is 4.71. The Morgan fingerprint density at radius 2 is 2.19 bits per heavy atom. The monoisotopic (exact) mass is 262 g/mol. The Bertz CT molecular complexity index is 426. The van der Waals surface area contributed by atoms with E-state index in [4.69, 9.17) is 0 Å². The van der Waals surface area contributed by atoms with Crippen LogP contribution in [-0.2, 0) is 21.2 Å². The van der Waals surface area contributed by atoms with Crippen LogP contribution in [0.1, 0.15) is 4.88 Å². The molecule has 1 aromatic heterocycles. The van der Waals surface area contributed by atoms with Gasteiger partial charge in [-0.2, -0.15) is 0 Å². The fraction of sp³-hybridized carbons (Fsp3) is 0.444. The van der Waals surface area contributed by atoms with Crippen LogP contribution >= 0.6 is 11.3 Å². The van der Waals surface area contributed by atoms with E-state index in [-0.39, 0.29) is 12.5 Å². The molecule has 2 N–H and O–H groups in total. The molecule has 0 saturated heterocycles. The lowest BCUT2D eigenvalue weighted by atomic mass is 10.3. The molecule has 1 heterocycles. The van der Waals surface area contributed by atoms with Gasteiger partial charge in [-0.1, -0.05) is 6.07 Å². The van der Waals surface area contributed by atoms with Gasteiger partial charge in [0, 0.05) is 18.0 Å². The Morgan fingerprint density at radius 3 is 2.75 bits per heavy atom. The topological polar surface area (TPSA) is 75.3 Å². The second kappa shape index (κ2) is 5.97. The Balaban J connectivity index is 2.16. The van der Waals surface area contributed by atoms with Gasteiger partial charge in [0.05, 0.1) is 12.7 Å². The highest BCUT2D eigenvalue weighted by molar-refractivity contribution is 7.88. The van der Waals surface area contributed by atoms with Crippen molar-refractivity contribution < 1.29 is 13.2 Å². The molecule has 5 nitrogen and oxygen atoms in total. The lowest BCUT2D eigenvalue weighted by Gasteiger charge is -2.04. The summed E-state index contributed by atoms with van der Waals surface area (Å²) in [6, 6.07) is 3.78. The number of carbonyl (C=O) groups is 1. The highest BCUT2D eigenvalue weighted by atomic mass is 32.2. The molecule has 0 atom stereocenters. The van der Waals surface area contributed by atoms with Gasteiger partial charge in [-0.05, 0) is 11.4 Å². The van der Waals surface area contributed by atoms with E-state index in [1.54, 1.807) is 0 Å². The molecule has 1 aromatic rings. The SMILES string of the molecule is CS(=O)(=O)NCCNC(=O)Cc1cccs1. The minimum atomic E-state index is -3.17. The number of rotatable bonds is 6. The Morgan fingerprint density at radius 1 is 1.44 bits per heavy atom. The normalized spacial score (nSPS) is 11.3. The van der Waals surface area contributed by atoms with Crippen LogP contribution in [0.2, 0.25) is 0 Å². The van der Waals surface area contributed by atoms with Gasteiger partial charge in [-0.15, -0.1) is 11.3 Å². The maximum atomic E-state index is 11.4. The quantitative estimate of drug-likeness (QED) is 0.706. The van der Waals surface area contributed by atoms with Gasteiger partial charge < -0.3 is 5.32 Å². The van der Waals surface area contributed by atoms with Crippen LogP contribution in [0.4, 0.5) is 0 Å². The molecular formula is C9H14N2O3S2. The second-order valence-corrected chi connectivity index (χ2v) is 6.14. The Kier molecular flexibility index (Phi) is 4.91. The van der Waals surface area contributed by atoms with Crippen molar-refractivity contribution in [3.05, 3.63) is 22.4 Å². The second-order valence-electron chi connectivity index (χ2n) is 3.27. The summed E-state index contributed by atoms with van der Waals surface area (Å²) in [5, 5.41) is 4.54. The van der Waals surface area contributed by atoms with Gasteiger partial charge in [0.2, 0.25) is 15.9 Å². The molecule has 1 rings (SSSR count). The molecule has 0 aliphatic heterocycles. The molecule has 0 aliphatic carbocycles. The summed E-state index contributed by atoms with van der Waals surface area (Å²) in [4.78, 5) is 12.3. The number of sulfonamides is 1. The third-order valence-corrected chi connectivity index (χ3v) is 3.33. The lowest BCUT2D eigenvalue weighted by molar-refractivity contribution is -0.120. The van der Waals surface area contributed by atoms with Crippen molar-refractivity contribution in [2.24, 2.45) is 0 Å². The van der Waals surface area contributed by atoms with E-state index >= 15 is 0 Å².